The van der Waals surface area contributed by atoms with E-state index in [0.717, 1.165) is 126 Å². The Labute approximate surface area is 775 Å². The van der Waals surface area contributed by atoms with Gasteiger partial charge in [0.1, 0.15) is 23.3 Å². The number of nitrogens with one attached hydrogen (secondary N) is 4. The minimum atomic E-state index is -1.16. The van der Waals surface area contributed by atoms with Crippen molar-refractivity contribution in [3.05, 3.63) is 345 Å². The van der Waals surface area contributed by atoms with Gasteiger partial charge in [0.2, 0.25) is 17.8 Å². The van der Waals surface area contributed by atoms with Crippen LogP contribution in [-0.2, 0) is 53.2 Å². The van der Waals surface area contributed by atoms with Crippen LogP contribution in [0.25, 0.3) is 66.5 Å². The van der Waals surface area contributed by atoms with E-state index in [1.807, 2.05) is 148 Å². The van der Waals surface area contributed by atoms with Crippen molar-refractivity contribution >= 4 is 112 Å². The molecule has 0 atom stereocenters. The first-order chi connectivity index (χ1) is 65.3. The fraction of sp³-hybridized carbons (Fsp3) is 0.219. The van der Waals surface area contributed by atoms with Gasteiger partial charge in [-0.3, -0.25) is 44.4 Å². The van der Waals surface area contributed by atoms with Gasteiger partial charge in [0.05, 0.1) is 144 Å². The largest absolute Gasteiger partial charge is 0.396 e. The molecule has 0 aliphatic carbocycles. The molecule has 0 amide bonds. The van der Waals surface area contributed by atoms with Gasteiger partial charge < -0.3 is 68.6 Å². The van der Waals surface area contributed by atoms with Crippen LogP contribution in [-0.4, -0.2) is 169 Å². The number of hydrogen-bond donors (Lipinski definition) is 5. The van der Waals surface area contributed by atoms with Crippen LogP contribution in [0.4, 0.5) is 89.2 Å². The molecule has 10 aromatic carbocycles. The molecule has 0 bridgehead atoms. The highest BCUT2D eigenvalue weighted by atomic mass is 79.9. The Morgan fingerprint density at radius 1 is 0.444 bits per heavy atom. The van der Waals surface area contributed by atoms with Crippen molar-refractivity contribution in [1.82, 2.24) is 53.7 Å². The van der Waals surface area contributed by atoms with E-state index in [4.69, 9.17) is 24.7 Å². The van der Waals surface area contributed by atoms with Crippen molar-refractivity contribution in [3.63, 3.8) is 0 Å². The number of aryl methyl sites for hydroxylation is 3. The summed E-state index contributed by atoms with van der Waals surface area (Å²) in [6, 6.07) is 58.6. The highest BCUT2D eigenvalue weighted by Gasteiger charge is 2.24. The Hall–Kier alpha value is -15.5. The maximum absolute atomic E-state index is 15.0. The number of nitrogens with zero attached hydrogens (tertiary/aromatic N) is 16. The minimum Gasteiger partial charge on any atom is -0.396 e. The normalized spacial score (nSPS) is 13.6. The van der Waals surface area contributed by atoms with E-state index in [2.05, 4.69) is 101 Å². The second-order valence-electron chi connectivity index (χ2n) is 31.3. The molecule has 4 saturated heterocycles. The van der Waals surface area contributed by atoms with Gasteiger partial charge >= 0.3 is 11.4 Å². The van der Waals surface area contributed by atoms with Gasteiger partial charge in [0.25, 0.3) is 16.7 Å². The molecule has 0 saturated carbocycles. The van der Waals surface area contributed by atoms with Crippen molar-refractivity contribution in [2.24, 2.45) is 21.1 Å². The third-order valence-electron chi connectivity index (χ3n) is 22.5. The van der Waals surface area contributed by atoms with Crippen LogP contribution in [0, 0.1) is 55.1 Å². The van der Waals surface area contributed by atoms with Crippen LogP contribution in [0.5, 0.6) is 0 Å². The lowest BCUT2D eigenvalue weighted by Crippen LogP contribution is -2.36. The number of rotatable bonds is 17. The number of ether oxygens (including phenoxy) is 4. The third kappa shape index (κ3) is 23.5. The molecule has 6 N–H and O–H groups in total. The summed E-state index contributed by atoms with van der Waals surface area (Å²) in [5.74, 6) is -3.86. The molecule has 20 rings (SSSR count). The van der Waals surface area contributed by atoms with Gasteiger partial charge in [-0.1, -0.05) is 78.9 Å². The first-order valence-corrected chi connectivity index (χ1v) is 43.5. The summed E-state index contributed by atoms with van der Waals surface area (Å²) < 4.78 is 111. The average molecular weight is 1910 g/mol. The molecule has 32 nitrogen and oxygen atoms in total. The fourth-order valence-corrected chi connectivity index (χ4v) is 15.6. The van der Waals surface area contributed by atoms with E-state index in [1.54, 1.807) is 66.9 Å². The summed E-state index contributed by atoms with van der Waals surface area (Å²) in [6.07, 6.45) is 11.3. The maximum Gasteiger partial charge on any atom is 0.304 e. The number of H-pyrrole nitrogens is 2. The number of halogens is 7. The van der Waals surface area contributed by atoms with Crippen molar-refractivity contribution in [3.8, 4) is 33.4 Å². The predicted octanol–water partition coefficient (Wildman–Crippen LogP) is 15.3. The zero-order chi connectivity index (χ0) is 94.8. The van der Waals surface area contributed by atoms with Gasteiger partial charge in [0, 0.05) is 150 Å². The van der Waals surface area contributed by atoms with Gasteiger partial charge in [-0.15, -0.1) is 4.68 Å². The van der Waals surface area contributed by atoms with Gasteiger partial charge in [0.15, 0.2) is 22.8 Å². The number of nitrogen functional groups attached to an aromatic ring is 1. The Bertz CT molecular complexity index is 7100. The summed E-state index contributed by atoms with van der Waals surface area (Å²) >= 11 is 3.21. The Balaban J connectivity index is 0.000000129. The van der Waals surface area contributed by atoms with E-state index in [1.165, 1.54) is 46.0 Å². The number of aromatic amines is 2. The van der Waals surface area contributed by atoms with Crippen LogP contribution in [0.3, 0.4) is 0 Å². The molecule has 6 aromatic heterocycles. The van der Waals surface area contributed by atoms with Crippen molar-refractivity contribution in [1.29, 1.82) is 0 Å². The molecule has 0 unspecified atom stereocenters. The van der Waals surface area contributed by atoms with Gasteiger partial charge in [-0.25, -0.2) is 32.5 Å². The Morgan fingerprint density at radius 2 is 0.859 bits per heavy atom. The number of nitrogens with two attached hydrogens (primary N) is 1. The van der Waals surface area contributed by atoms with Crippen molar-refractivity contribution in [2.75, 3.05) is 141 Å². The molecule has 0 radical (unpaired) electrons. The number of morpholine rings is 4. The topological polar surface area (TPSA) is 357 Å². The van der Waals surface area contributed by atoms with Gasteiger partial charge in [-0.05, 0) is 141 Å². The molecule has 16 aromatic rings. The molecule has 10 heterocycles. The summed E-state index contributed by atoms with van der Waals surface area (Å²) in [5, 5.41) is 40.6. The summed E-state index contributed by atoms with van der Waals surface area (Å²) in [6.45, 7) is 12.4. The second kappa shape index (κ2) is 43.7. The molecule has 39 heteroatoms. The lowest BCUT2D eigenvalue weighted by Gasteiger charge is -2.29. The van der Waals surface area contributed by atoms with E-state index < -0.39 is 50.3 Å². The summed E-state index contributed by atoms with van der Waals surface area (Å²) in [7, 11) is 5.13. The quantitative estimate of drug-likeness (QED) is 0.0186. The van der Waals surface area contributed by atoms with Crippen molar-refractivity contribution in [2.45, 2.75) is 13.1 Å². The number of fused-ring (bicyclic) bond motifs is 3. The third-order valence-corrected chi connectivity index (χ3v) is 23.0. The SMILES string of the molecule is Cn1c(=O)c(Br)nc2ccc(-c3cnn(Cc4ccccc4)c3)cc21.Cn1c(=O)c(Nc2ccc(N3CCOCC3)cc2F)nc2ccc(-c3c[nH][n+](Cc4ccccc4)c3)cc21.Cn1c(=O)c(Nc2ccc(N3CCOCC3)cc2F)nc2ccc(-c3cn[nH]c3)cc21.Nc1ccc(N2CCOCC2)cc1F.O=[N+]([O-])c1ccc(F)cc1F.O=[N+]([O-])c1ccc(N2CCOCC2)cc1F. The van der Waals surface area contributed by atoms with E-state index >= 15 is 0 Å². The van der Waals surface area contributed by atoms with Crippen LogP contribution in [0.1, 0.15) is 11.1 Å². The molecule has 4 fully saturated rings. The zero-order valence-corrected chi connectivity index (χ0v) is 74.8. The van der Waals surface area contributed by atoms with E-state index in [-0.39, 0.29) is 51.2 Å². The maximum atomic E-state index is 15.0. The highest BCUT2D eigenvalue weighted by molar-refractivity contribution is 9.10. The molecular weight excluding hydrogens is 1820 g/mol. The van der Waals surface area contributed by atoms with Crippen molar-refractivity contribution < 1.29 is 59.8 Å². The van der Waals surface area contributed by atoms with Crippen LogP contribution in [0.2, 0.25) is 0 Å². The van der Waals surface area contributed by atoms with E-state index in [0.29, 0.717) is 104 Å². The molecular formula is C96H91BrF6N21O11+. The number of benzene rings is 10. The predicted molar refractivity (Wildman–Crippen MR) is 507 cm³/mol. The number of anilines is 9. The lowest BCUT2D eigenvalue weighted by atomic mass is 10.1. The van der Waals surface area contributed by atoms with Crippen LogP contribution < -0.4 is 57.3 Å². The average Bonchev–Trinajstić information content (AvgIpc) is 1.55. The minimum absolute atomic E-state index is 0.0732. The molecule has 694 valence electrons. The smallest absolute Gasteiger partial charge is 0.304 e. The highest BCUT2D eigenvalue weighted by Crippen LogP contribution is 2.33. The first-order valence-electron chi connectivity index (χ1n) is 42.7. The number of hydrogen-bond acceptors (Lipinski definition) is 23. The number of nitro groups is 2. The molecule has 4 aliphatic heterocycles. The Morgan fingerprint density at radius 3 is 1.30 bits per heavy atom. The molecule has 4 aliphatic rings. The van der Waals surface area contributed by atoms with Gasteiger partial charge in [-0.2, -0.15) is 24.1 Å². The zero-order valence-electron chi connectivity index (χ0n) is 73.2. The number of aromatic nitrogens is 12. The Kier molecular flexibility index (Phi) is 30.5. The summed E-state index contributed by atoms with van der Waals surface area (Å²) in [4.78, 5) is 78.3. The molecule has 0 spiro atoms. The summed E-state index contributed by atoms with van der Waals surface area (Å²) in [5.41, 5.74) is 19.5. The monoisotopic (exact) mass is 1910 g/mol. The molecule has 135 heavy (non-hydrogen) atoms. The van der Waals surface area contributed by atoms with Crippen LogP contribution in [0.15, 0.2) is 262 Å². The van der Waals surface area contributed by atoms with Crippen LogP contribution >= 0.6 is 15.9 Å². The standard InChI is InChI=1S/C29H27FN6O2.C22H21FN6O2.C19H15BrN4O.C10H11FN2O3.C10H13FN2O.C6H3F2NO2/c1-34-27-15-21(22-17-31-36(19-22)18-20-5-3-2-4-6-20)7-9-26(27)33-28(29(34)37)32-25-10-8-23(16-24(25)30)35-11-13-38-14-12-35;1-28-20-10-14(15-12-24-25-13-15)2-4-19(20)27-21(22(28)30)26-18-5-3-16(11-17(18)23)29-6-8-31-9-7-29;1-23-17-9-14(7-8-16(17)22-18(20)19(23)25)15-10-21-24(12-15)11-13-5-3-2-4-6-13;11-9-7-8(1-2-10(9)13(14)15)12-3-5-16-6-4-12;11-9-7-8(1-2-10(9)12)13-3-5-14-6-4-13;7-4-1-2-6(9(10)11)5(8)3-4/h2-10,15-17,19H,11-14,18H2,1H3,(H,32,33);2-5,10-13H,6-9H2,1H3,(H,24,25)(H,26,27);2-10,12H,11H2,1H3;1-2,7H,3-6H2;1-2,7H,3-6,12H2;1-3H/p+1. The second-order valence-corrected chi connectivity index (χ2v) is 32.1. The number of nitro benzene ring substituents is 2. The first kappa shape index (κ1) is 94.2. The lowest BCUT2D eigenvalue weighted by molar-refractivity contribution is -0.742. The fourth-order valence-electron chi connectivity index (χ4n) is 15.2. The van der Waals surface area contributed by atoms with E-state index in [9.17, 15) is 61.0 Å².